The normalized spacial score (nSPS) is 25.4. The topological polar surface area (TPSA) is 185 Å². The summed E-state index contributed by atoms with van der Waals surface area (Å²) < 4.78 is 47.7. The number of ether oxygens (including phenoxy) is 3. The van der Waals surface area contributed by atoms with Crippen LogP contribution < -0.4 is 30.2 Å². The van der Waals surface area contributed by atoms with Crippen molar-refractivity contribution < 1.29 is 37.3 Å². The van der Waals surface area contributed by atoms with Gasteiger partial charge in [0, 0.05) is 49.4 Å². The van der Waals surface area contributed by atoms with Gasteiger partial charge >= 0.3 is 0 Å². The molecule has 282 valence electrons. The third-order valence-electron chi connectivity index (χ3n) is 10.8. The van der Waals surface area contributed by atoms with Crippen molar-refractivity contribution in [3.8, 4) is 17.2 Å². The molecule has 2 amide bonds. The molecule has 3 fully saturated rings. The number of aliphatic hydroxyl groups excluding tert-OH is 1. The van der Waals surface area contributed by atoms with Crippen LogP contribution in [0.5, 0.6) is 17.2 Å². The van der Waals surface area contributed by atoms with Crippen molar-refractivity contribution in [2.24, 2.45) is 0 Å². The number of benzene rings is 2. The number of carbonyl (C=O) groups is 2. The van der Waals surface area contributed by atoms with Crippen LogP contribution >= 0.6 is 15.9 Å². The molecule has 3 unspecified atom stereocenters. The van der Waals surface area contributed by atoms with Crippen molar-refractivity contribution in [2.45, 2.75) is 94.0 Å². The number of aliphatic hydroxyl groups is 1. The summed E-state index contributed by atoms with van der Waals surface area (Å²) >= 11 is 3.52. The van der Waals surface area contributed by atoms with Crippen LogP contribution in [0.1, 0.15) is 75.1 Å². The third kappa shape index (κ3) is 7.41. The van der Waals surface area contributed by atoms with Gasteiger partial charge in [-0.3, -0.25) is 19.8 Å². The molecule has 0 radical (unpaired) electrons. The minimum Gasteiger partial charge on any atom is -0.490 e. The number of nitrogens with zero attached hydrogens (tertiary/aromatic N) is 4. The zero-order chi connectivity index (χ0) is 36.7. The van der Waals surface area contributed by atoms with Gasteiger partial charge in [-0.2, -0.15) is 4.98 Å². The SMILES string of the molecule is O=C1CCC(N2Cc3c(OC4CCC[C@H](S(=O)(=O)N5CCC(Nc6ncc(Br)c(Nc7cccc8c7OCO8)n6)CC5)CC4)cccc3C2O)C(=O)N1. The van der Waals surface area contributed by atoms with E-state index in [1.165, 1.54) is 0 Å². The highest BCUT2D eigenvalue weighted by molar-refractivity contribution is 9.10. The number of fused-ring (bicyclic) bond motifs is 2. The number of carbonyl (C=O) groups excluding carboxylic acids is 2. The van der Waals surface area contributed by atoms with Gasteiger partial charge in [-0.1, -0.05) is 18.2 Å². The number of halogens is 1. The van der Waals surface area contributed by atoms with Gasteiger partial charge in [0.2, 0.25) is 34.6 Å². The average molecular weight is 813 g/mol. The molecule has 53 heavy (non-hydrogen) atoms. The number of sulfonamides is 1. The first kappa shape index (κ1) is 36.0. The van der Waals surface area contributed by atoms with Crippen molar-refractivity contribution in [3.05, 3.63) is 58.2 Å². The van der Waals surface area contributed by atoms with E-state index in [0.717, 1.165) is 24.1 Å². The maximum atomic E-state index is 13.9. The van der Waals surface area contributed by atoms with Gasteiger partial charge in [0.1, 0.15) is 17.8 Å². The van der Waals surface area contributed by atoms with Gasteiger partial charge in [0.25, 0.3) is 0 Å². The Kier molecular flexibility index (Phi) is 10.2. The number of nitrogens with one attached hydrogen (secondary N) is 3. The second-order valence-electron chi connectivity index (χ2n) is 14.1. The van der Waals surface area contributed by atoms with E-state index >= 15 is 0 Å². The molecule has 15 nitrogen and oxygen atoms in total. The molecule has 0 bridgehead atoms. The van der Waals surface area contributed by atoms with Gasteiger partial charge in [0.15, 0.2) is 11.5 Å². The number of para-hydroxylation sites is 1. The van der Waals surface area contributed by atoms with Gasteiger partial charge in [-0.15, -0.1) is 0 Å². The molecule has 2 saturated heterocycles. The number of anilines is 3. The lowest BCUT2D eigenvalue weighted by Gasteiger charge is -2.34. The molecule has 8 rings (SSSR count). The average Bonchev–Trinajstić information content (AvgIpc) is 3.68. The number of piperidine rings is 2. The molecule has 4 aliphatic heterocycles. The second-order valence-corrected chi connectivity index (χ2v) is 17.2. The van der Waals surface area contributed by atoms with E-state index in [4.69, 9.17) is 14.2 Å². The van der Waals surface area contributed by atoms with Crippen molar-refractivity contribution in [3.63, 3.8) is 0 Å². The summed E-state index contributed by atoms with van der Waals surface area (Å²) in [4.78, 5) is 35.1. The second kappa shape index (κ2) is 15.0. The Hall–Kier alpha value is -4.03. The molecular weight excluding hydrogens is 770 g/mol. The third-order valence-corrected chi connectivity index (χ3v) is 13.8. The molecule has 1 aliphatic carbocycles. The molecule has 17 heteroatoms. The summed E-state index contributed by atoms with van der Waals surface area (Å²) in [6.45, 7) is 1.30. The van der Waals surface area contributed by atoms with Crippen LogP contribution in [0.15, 0.2) is 47.1 Å². The number of hydrogen-bond acceptors (Lipinski definition) is 13. The number of rotatable bonds is 9. The standard InChI is InChI=1S/C36H42BrN7O8S/c37-26-18-38-36(42-33(26)40-27-7-3-9-30-32(27)51-20-50-30)39-21-14-16-43(17-15-21)53(48,49)23-5-1-4-22(10-11-23)52-29-8-2-6-24-25(29)19-44(35(24)47)28-12-13-31(45)41-34(28)46/h2-3,6-9,18,21-23,28,35,47H,1,4-5,10-17,19-20H2,(H,41,45,46)(H2,38,39,40,42)/t22?,23-,28?,35?/m0/s1. The van der Waals surface area contributed by atoms with E-state index in [1.807, 2.05) is 36.4 Å². The molecular formula is C36H42BrN7O8S. The fourth-order valence-corrected chi connectivity index (χ4v) is 10.3. The number of hydrogen-bond donors (Lipinski definition) is 4. The smallest absolute Gasteiger partial charge is 0.244 e. The Morgan fingerprint density at radius 2 is 1.83 bits per heavy atom. The van der Waals surface area contributed by atoms with Crippen LogP contribution in [0.2, 0.25) is 0 Å². The summed E-state index contributed by atoms with van der Waals surface area (Å²) in [5.74, 6) is 2.23. The molecule has 4 atom stereocenters. The van der Waals surface area contributed by atoms with E-state index in [-0.39, 0.29) is 31.3 Å². The van der Waals surface area contributed by atoms with Gasteiger partial charge < -0.3 is 30.0 Å². The monoisotopic (exact) mass is 811 g/mol. The minimum absolute atomic E-state index is 0.0112. The maximum Gasteiger partial charge on any atom is 0.244 e. The quantitative estimate of drug-likeness (QED) is 0.177. The van der Waals surface area contributed by atoms with Crippen LogP contribution in [-0.2, 0) is 26.2 Å². The molecule has 1 aromatic heterocycles. The Labute approximate surface area is 316 Å². The summed E-state index contributed by atoms with van der Waals surface area (Å²) in [5, 5.41) is 19.7. The van der Waals surface area contributed by atoms with E-state index in [9.17, 15) is 23.1 Å². The van der Waals surface area contributed by atoms with Crippen LogP contribution in [0, 0.1) is 0 Å². The fraction of sp³-hybridized carbons (Fsp3) is 0.500. The van der Waals surface area contributed by atoms with Gasteiger partial charge in [0.05, 0.1) is 27.6 Å². The number of imide groups is 1. The van der Waals surface area contributed by atoms with Crippen molar-refractivity contribution in [1.82, 2.24) is 24.5 Å². The van der Waals surface area contributed by atoms with Crippen molar-refractivity contribution in [1.29, 1.82) is 0 Å². The highest BCUT2D eigenvalue weighted by Crippen LogP contribution is 2.42. The summed E-state index contributed by atoms with van der Waals surface area (Å²) in [7, 11) is -3.52. The van der Waals surface area contributed by atoms with Crippen LogP contribution in [0.25, 0.3) is 0 Å². The minimum atomic E-state index is -3.52. The number of aromatic nitrogens is 2. The van der Waals surface area contributed by atoms with E-state index < -0.39 is 33.5 Å². The lowest BCUT2D eigenvalue weighted by atomic mass is 10.0. The molecule has 4 N–H and O–H groups in total. The molecule has 3 aromatic rings. The van der Waals surface area contributed by atoms with Gasteiger partial charge in [-0.05, 0) is 85.5 Å². The van der Waals surface area contributed by atoms with Crippen LogP contribution in [0.4, 0.5) is 17.5 Å². The zero-order valence-electron chi connectivity index (χ0n) is 29.0. The van der Waals surface area contributed by atoms with E-state index in [2.05, 4.69) is 41.8 Å². The van der Waals surface area contributed by atoms with Crippen LogP contribution in [-0.4, -0.2) is 87.8 Å². The molecule has 1 saturated carbocycles. The highest BCUT2D eigenvalue weighted by Gasteiger charge is 2.41. The van der Waals surface area contributed by atoms with Crippen molar-refractivity contribution in [2.75, 3.05) is 30.5 Å². The summed E-state index contributed by atoms with van der Waals surface area (Å²) in [6.07, 6.45) is 5.43. The zero-order valence-corrected chi connectivity index (χ0v) is 31.4. The predicted octanol–water partition coefficient (Wildman–Crippen LogP) is 4.31. The largest absolute Gasteiger partial charge is 0.490 e. The summed E-state index contributed by atoms with van der Waals surface area (Å²) in [5.41, 5.74) is 2.23. The molecule has 5 aliphatic rings. The fourth-order valence-electron chi connectivity index (χ4n) is 7.99. The lowest BCUT2D eigenvalue weighted by molar-refractivity contribution is -0.141. The first-order valence-corrected chi connectivity index (χ1v) is 20.4. The summed E-state index contributed by atoms with van der Waals surface area (Å²) in [6, 6.07) is 10.5. The molecule has 0 spiro atoms. The number of amides is 2. The Balaban J connectivity index is 0.847. The Morgan fingerprint density at radius 1 is 1.00 bits per heavy atom. The molecule has 2 aromatic carbocycles. The van der Waals surface area contributed by atoms with Crippen LogP contribution in [0.3, 0.4) is 0 Å². The van der Waals surface area contributed by atoms with E-state index in [0.29, 0.717) is 97.2 Å². The first-order chi connectivity index (χ1) is 25.6. The Bertz CT molecular complexity index is 2000. The maximum absolute atomic E-state index is 13.9. The van der Waals surface area contributed by atoms with Crippen molar-refractivity contribution >= 4 is 55.2 Å². The van der Waals surface area contributed by atoms with Gasteiger partial charge in [-0.25, -0.2) is 17.7 Å². The predicted molar refractivity (Wildman–Crippen MR) is 197 cm³/mol. The molecule has 5 heterocycles. The first-order valence-electron chi connectivity index (χ1n) is 18.1. The lowest BCUT2D eigenvalue weighted by Crippen LogP contribution is -2.51. The highest BCUT2D eigenvalue weighted by atomic mass is 79.9. The van der Waals surface area contributed by atoms with E-state index in [1.54, 1.807) is 15.4 Å². The Morgan fingerprint density at radius 3 is 2.66 bits per heavy atom.